The molecule has 126 valence electrons. The van der Waals surface area contributed by atoms with Crippen LogP contribution in [-0.2, 0) is 4.79 Å². The summed E-state index contributed by atoms with van der Waals surface area (Å²) < 4.78 is 0. The summed E-state index contributed by atoms with van der Waals surface area (Å²) in [6.45, 7) is 1.88. The number of aldehydes is 1. The molecule has 0 saturated heterocycles. The Labute approximate surface area is 150 Å². The Morgan fingerprint density at radius 2 is 1.08 bits per heavy atom. The predicted molar refractivity (Wildman–Crippen MR) is 111 cm³/mol. The van der Waals surface area contributed by atoms with Gasteiger partial charge in [0.1, 0.15) is 0 Å². The van der Waals surface area contributed by atoms with E-state index >= 15 is 0 Å². The van der Waals surface area contributed by atoms with Crippen LogP contribution in [0, 0.1) is 0 Å². The molecule has 3 rings (SSSR count). The van der Waals surface area contributed by atoms with Crippen molar-refractivity contribution < 1.29 is 4.79 Å². The number of hydrogen-bond donors (Lipinski definition) is 0. The zero-order valence-corrected chi connectivity index (χ0v) is 15.4. The number of carbonyl (C=O) groups is 1. The fourth-order valence-corrected chi connectivity index (χ4v) is 8.00. The van der Waals surface area contributed by atoms with Crippen molar-refractivity contribution in [1.29, 1.82) is 0 Å². The molecule has 0 radical (unpaired) electrons. The Hall–Kier alpha value is -2.50. The summed E-state index contributed by atoms with van der Waals surface area (Å²) in [5.74, 6) is 0. The third-order valence-electron chi connectivity index (χ3n) is 4.72. The Balaban J connectivity index is 2.29. The van der Waals surface area contributed by atoms with Crippen LogP contribution in [0.3, 0.4) is 0 Å². The minimum absolute atomic E-state index is 0.791. The molecule has 0 spiro atoms. The zero-order chi connectivity index (χ0) is 17.5. The van der Waals surface area contributed by atoms with E-state index in [1.807, 2.05) is 6.92 Å². The van der Waals surface area contributed by atoms with Gasteiger partial charge in [0.05, 0.1) is 0 Å². The van der Waals surface area contributed by atoms with E-state index in [9.17, 15) is 4.79 Å². The van der Waals surface area contributed by atoms with E-state index in [0.29, 0.717) is 0 Å². The van der Waals surface area contributed by atoms with E-state index in [2.05, 4.69) is 97.1 Å². The fraction of sp³-hybridized carbons (Fsp3) is 0.0870. The molecule has 3 aromatic carbocycles. The molecule has 0 saturated carbocycles. The summed E-state index contributed by atoms with van der Waals surface area (Å²) in [6.07, 6.45) is 3.92. The second kappa shape index (κ2) is 8.05. The van der Waals surface area contributed by atoms with Gasteiger partial charge in [-0.3, -0.25) is 0 Å². The van der Waals surface area contributed by atoms with Crippen LogP contribution in [0.25, 0.3) is 0 Å². The molecule has 0 unspecified atom stereocenters. The van der Waals surface area contributed by atoms with Gasteiger partial charge in [0.25, 0.3) is 0 Å². The Morgan fingerprint density at radius 3 is 1.40 bits per heavy atom. The maximum atomic E-state index is 11.2. The summed E-state index contributed by atoms with van der Waals surface area (Å²) >= 11 is 0. The molecule has 0 aliphatic heterocycles. The summed E-state index contributed by atoms with van der Waals surface area (Å²) in [7, 11) is -2.24. The van der Waals surface area contributed by atoms with Crippen LogP contribution < -0.4 is 15.9 Å². The molecule has 0 N–H and O–H groups in total. The first-order valence-corrected chi connectivity index (χ1v) is 10.8. The van der Waals surface area contributed by atoms with E-state index < -0.39 is 7.26 Å². The van der Waals surface area contributed by atoms with Gasteiger partial charge < -0.3 is 0 Å². The van der Waals surface area contributed by atoms with Gasteiger partial charge in [-0.25, -0.2) is 0 Å². The van der Waals surface area contributed by atoms with Gasteiger partial charge in [0.15, 0.2) is 0 Å². The third kappa shape index (κ3) is 3.62. The van der Waals surface area contributed by atoms with Gasteiger partial charge in [0, 0.05) is 0 Å². The zero-order valence-electron chi connectivity index (χ0n) is 14.4. The average Bonchev–Trinajstić information content (AvgIpc) is 2.71. The van der Waals surface area contributed by atoms with E-state index in [4.69, 9.17) is 0 Å². The molecule has 0 heterocycles. The van der Waals surface area contributed by atoms with Crippen LogP contribution in [-0.4, -0.2) is 12.4 Å². The molecule has 2 heteroatoms. The first kappa shape index (κ1) is 17.3. The van der Waals surface area contributed by atoms with Crippen molar-refractivity contribution in [1.82, 2.24) is 0 Å². The number of rotatable bonds is 6. The molecule has 1 nitrogen and oxygen atoms in total. The second-order valence-corrected chi connectivity index (χ2v) is 10.2. The van der Waals surface area contributed by atoms with Crippen molar-refractivity contribution in [3.05, 3.63) is 103 Å². The molecule has 0 amide bonds. The number of allylic oxidation sites excluding steroid dienone is 2. The fourth-order valence-electron chi connectivity index (χ4n) is 3.38. The molecule has 0 aliphatic carbocycles. The number of benzene rings is 3. The molecule has 0 atom stereocenters. The summed E-state index contributed by atoms with van der Waals surface area (Å²) in [4.78, 5) is 11.2. The monoisotopic (exact) mass is 346 g/mol. The molecule has 0 aliphatic rings. The molecule has 0 aromatic heterocycles. The van der Waals surface area contributed by atoms with Gasteiger partial charge in [-0.15, -0.1) is 0 Å². The van der Waals surface area contributed by atoms with Gasteiger partial charge in [-0.05, 0) is 0 Å². The first-order chi connectivity index (χ1) is 12.3. The van der Waals surface area contributed by atoms with Gasteiger partial charge in [0.2, 0.25) is 0 Å². The van der Waals surface area contributed by atoms with E-state index in [1.54, 1.807) is 0 Å². The summed E-state index contributed by atoms with van der Waals surface area (Å²) in [5, 5.41) is 4.09. The van der Waals surface area contributed by atoms with Crippen LogP contribution in [0.4, 0.5) is 0 Å². The van der Waals surface area contributed by atoms with Crippen LogP contribution >= 0.6 is 7.26 Å². The Kier molecular flexibility index (Phi) is 5.58. The van der Waals surface area contributed by atoms with Crippen molar-refractivity contribution in [2.24, 2.45) is 0 Å². The van der Waals surface area contributed by atoms with Crippen LogP contribution in [0.5, 0.6) is 0 Å². The minimum atomic E-state index is -2.24. The first-order valence-electron chi connectivity index (χ1n) is 8.56. The molecule has 3 aromatic rings. The van der Waals surface area contributed by atoms with Crippen molar-refractivity contribution in [2.45, 2.75) is 6.92 Å². The maximum absolute atomic E-state index is 11.2. The normalized spacial score (nSPS) is 12.6. The van der Waals surface area contributed by atoms with Crippen LogP contribution in [0.2, 0.25) is 0 Å². The van der Waals surface area contributed by atoms with Crippen molar-refractivity contribution in [2.75, 3.05) is 6.16 Å². The predicted octanol–water partition coefficient (Wildman–Crippen LogP) is 3.86. The van der Waals surface area contributed by atoms with Gasteiger partial charge in [-0.2, -0.15) is 0 Å². The van der Waals surface area contributed by atoms with Gasteiger partial charge >= 0.3 is 150 Å². The Bertz CT molecular complexity index is 742. The molecular formula is C23H23OP. The molecular weight excluding hydrogens is 323 g/mol. The standard InChI is InChI=1S/C23H23OP/c1-20(19-24)17-18-25(21-11-5-2-6-12-21,22-13-7-3-8-14-22)23-15-9-4-10-16-23/h2-17,19,25H,18H2,1H3/b20-17-. The molecule has 0 bridgehead atoms. The van der Waals surface area contributed by atoms with E-state index in [1.165, 1.54) is 15.9 Å². The van der Waals surface area contributed by atoms with Crippen LogP contribution in [0.15, 0.2) is 103 Å². The number of hydrogen-bond acceptors (Lipinski definition) is 1. The van der Waals surface area contributed by atoms with Gasteiger partial charge in [-0.1, -0.05) is 0 Å². The van der Waals surface area contributed by atoms with E-state index in [-0.39, 0.29) is 0 Å². The van der Waals surface area contributed by atoms with E-state index in [0.717, 1.165) is 18.0 Å². The molecule has 25 heavy (non-hydrogen) atoms. The topological polar surface area (TPSA) is 17.1 Å². The molecule has 0 fully saturated rings. The second-order valence-electron chi connectivity index (χ2n) is 6.27. The number of carbonyl (C=O) groups excluding carboxylic acids is 1. The van der Waals surface area contributed by atoms with Crippen molar-refractivity contribution >= 4 is 29.5 Å². The third-order valence-corrected chi connectivity index (χ3v) is 9.49. The summed E-state index contributed by atoms with van der Waals surface area (Å²) in [5.41, 5.74) is 0.791. The van der Waals surface area contributed by atoms with Crippen molar-refractivity contribution in [3.8, 4) is 0 Å². The SMILES string of the molecule is C/C(C=O)=C/C[PH](c1ccccc1)(c1ccccc1)c1ccccc1. The van der Waals surface area contributed by atoms with Crippen molar-refractivity contribution in [3.63, 3.8) is 0 Å². The van der Waals surface area contributed by atoms with Crippen LogP contribution in [0.1, 0.15) is 6.92 Å². The Morgan fingerprint density at radius 1 is 0.720 bits per heavy atom. The average molecular weight is 346 g/mol. The quantitative estimate of drug-likeness (QED) is 0.376. The summed E-state index contributed by atoms with van der Waals surface area (Å²) in [6, 6.07) is 32.2.